The number of hydrogen-bond donors (Lipinski definition) is 1. The molecule has 3 atom stereocenters. The van der Waals surface area contributed by atoms with E-state index >= 15 is 0 Å². The standard InChI is InChI=1S/C16H22O7/c1-16(2)22-12(14(23-16)13(17)15(18)20-4)9-21-11-7-5-10(19-3)6-8-11/h5-8,12-14,17H,9H2,1-4H3/t12-,13-,14+/m0/s1. The average Bonchev–Trinajstić information content (AvgIpc) is 2.86. The molecule has 2 rings (SSSR count). The second kappa shape index (κ2) is 7.16. The summed E-state index contributed by atoms with van der Waals surface area (Å²) in [5.41, 5.74) is 0. The lowest BCUT2D eigenvalue weighted by atomic mass is 10.1. The molecule has 0 amide bonds. The van der Waals surface area contributed by atoms with Crippen LogP contribution in [0.15, 0.2) is 24.3 Å². The average molecular weight is 326 g/mol. The van der Waals surface area contributed by atoms with Gasteiger partial charge < -0.3 is 28.8 Å². The summed E-state index contributed by atoms with van der Waals surface area (Å²) in [5.74, 6) is -0.359. The van der Waals surface area contributed by atoms with Gasteiger partial charge in [-0.2, -0.15) is 0 Å². The van der Waals surface area contributed by atoms with Crippen LogP contribution in [0.3, 0.4) is 0 Å². The maximum atomic E-state index is 11.5. The third kappa shape index (κ3) is 4.34. The van der Waals surface area contributed by atoms with Gasteiger partial charge in [-0.3, -0.25) is 0 Å². The highest BCUT2D eigenvalue weighted by atomic mass is 16.8. The lowest BCUT2D eigenvalue weighted by molar-refractivity contribution is -0.171. The maximum Gasteiger partial charge on any atom is 0.337 e. The van der Waals surface area contributed by atoms with E-state index in [1.54, 1.807) is 45.2 Å². The third-order valence-corrected chi connectivity index (χ3v) is 3.45. The number of aliphatic hydroxyl groups excluding tert-OH is 1. The lowest BCUT2D eigenvalue weighted by Crippen LogP contribution is -2.43. The van der Waals surface area contributed by atoms with Crippen LogP contribution in [0, 0.1) is 0 Å². The number of rotatable bonds is 6. The monoisotopic (exact) mass is 326 g/mol. The summed E-state index contributed by atoms with van der Waals surface area (Å²) in [6.45, 7) is 3.53. The van der Waals surface area contributed by atoms with Crippen LogP contribution in [0.5, 0.6) is 11.5 Å². The Morgan fingerprint density at radius 3 is 2.39 bits per heavy atom. The predicted molar refractivity (Wildman–Crippen MR) is 80.3 cm³/mol. The Bertz CT molecular complexity index is 526. The number of carbonyl (C=O) groups excluding carboxylic acids is 1. The zero-order valence-corrected chi connectivity index (χ0v) is 13.6. The first-order valence-electron chi connectivity index (χ1n) is 7.24. The van der Waals surface area contributed by atoms with Crippen molar-refractivity contribution < 1.29 is 33.6 Å². The largest absolute Gasteiger partial charge is 0.497 e. The molecule has 1 fully saturated rings. The van der Waals surface area contributed by atoms with Crippen molar-refractivity contribution >= 4 is 5.97 Å². The van der Waals surface area contributed by atoms with Crippen molar-refractivity contribution in [3.05, 3.63) is 24.3 Å². The number of esters is 1. The predicted octanol–water partition coefficient (Wildman–Crippen LogP) is 1.13. The summed E-state index contributed by atoms with van der Waals surface area (Å²) >= 11 is 0. The Balaban J connectivity index is 2.01. The highest BCUT2D eigenvalue weighted by Crippen LogP contribution is 2.31. The van der Waals surface area contributed by atoms with Crippen LogP contribution in [0.2, 0.25) is 0 Å². The molecule has 7 nitrogen and oxygen atoms in total. The van der Waals surface area contributed by atoms with Gasteiger partial charge in [-0.15, -0.1) is 0 Å². The maximum absolute atomic E-state index is 11.5. The van der Waals surface area contributed by atoms with Crippen LogP contribution in [-0.2, 0) is 19.0 Å². The third-order valence-electron chi connectivity index (χ3n) is 3.45. The van der Waals surface area contributed by atoms with Gasteiger partial charge in [-0.05, 0) is 38.1 Å². The van der Waals surface area contributed by atoms with Gasteiger partial charge in [0.15, 0.2) is 11.9 Å². The second-order valence-electron chi connectivity index (χ2n) is 5.59. The molecule has 1 aromatic rings. The molecule has 1 heterocycles. The van der Waals surface area contributed by atoms with Crippen molar-refractivity contribution in [3.8, 4) is 11.5 Å². The first kappa shape index (κ1) is 17.5. The summed E-state index contributed by atoms with van der Waals surface area (Å²) < 4.78 is 26.6. The van der Waals surface area contributed by atoms with E-state index < -0.39 is 30.1 Å². The fourth-order valence-electron chi connectivity index (χ4n) is 2.36. The van der Waals surface area contributed by atoms with E-state index in [2.05, 4.69) is 4.74 Å². The molecule has 1 aromatic carbocycles. The summed E-state index contributed by atoms with van der Waals surface area (Å²) in [5, 5.41) is 10.0. The van der Waals surface area contributed by atoms with Crippen LogP contribution >= 0.6 is 0 Å². The van der Waals surface area contributed by atoms with Gasteiger partial charge >= 0.3 is 5.97 Å². The minimum absolute atomic E-state index is 0.120. The van der Waals surface area contributed by atoms with E-state index in [0.29, 0.717) is 5.75 Å². The van der Waals surface area contributed by atoms with Crippen molar-refractivity contribution in [2.24, 2.45) is 0 Å². The molecule has 1 saturated heterocycles. The Hall–Kier alpha value is -1.83. The number of methoxy groups -OCH3 is 2. The molecule has 0 bridgehead atoms. The van der Waals surface area contributed by atoms with Gasteiger partial charge in [0.25, 0.3) is 0 Å². The van der Waals surface area contributed by atoms with Gasteiger partial charge in [-0.25, -0.2) is 4.79 Å². The van der Waals surface area contributed by atoms with E-state index in [1.807, 2.05) is 0 Å². The normalized spacial score (nSPS) is 24.0. The molecule has 0 unspecified atom stereocenters. The van der Waals surface area contributed by atoms with E-state index in [1.165, 1.54) is 7.11 Å². The van der Waals surface area contributed by atoms with Gasteiger partial charge in [0.2, 0.25) is 0 Å². The first-order valence-corrected chi connectivity index (χ1v) is 7.24. The van der Waals surface area contributed by atoms with Crippen LogP contribution in [0.1, 0.15) is 13.8 Å². The fourth-order valence-corrected chi connectivity index (χ4v) is 2.36. The molecule has 0 aliphatic carbocycles. The Kier molecular flexibility index (Phi) is 5.46. The minimum atomic E-state index is -1.44. The highest BCUT2D eigenvalue weighted by Gasteiger charge is 2.47. The molecular formula is C16H22O7. The number of ether oxygens (including phenoxy) is 5. The Labute approximate surface area is 135 Å². The van der Waals surface area contributed by atoms with Crippen LogP contribution in [-0.4, -0.2) is 56.0 Å². The van der Waals surface area contributed by atoms with Gasteiger partial charge in [0, 0.05) is 0 Å². The number of benzene rings is 1. The van der Waals surface area contributed by atoms with Gasteiger partial charge in [0.05, 0.1) is 14.2 Å². The minimum Gasteiger partial charge on any atom is -0.497 e. The number of hydrogen-bond acceptors (Lipinski definition) is 7. The fraction of sp³-hybridized carbons (Fsp3) is 0.562. The highest BCUT2D eigenvalue weighted by molar-refractivity contribution is 5.75. The summed E-state index contributed by atoms with van der Waals surface area (Å²) in [4.78, 5) is 11.5. The van der Waals surface area contributed by atoms with E-state index in [4.69, 9.17) is 18.9 Å². The first-order chi connectivity index (χ1) is 10.9. The molecule has 128 valence electrons. The summed E-state index contributed by atoms with van der Waals surface area (Å²) in [7, 11) is 2.79. The molecule has 7 heteroatoms. The Morgan fingerprint density at radius 1 is 1.22 bits per heavy atom. The van der Waals surface area contributed by atoms with Crippen LogP contribution in [0.25, 0.3) is 0 Å². The van der Waals surface area contributed by atoms with E-state index in [9.17, 15) is 9.90 Å². The van der Waals surface area contributed by atoms with Gasteiger partial charge in [-0.1, -0.05) is 0 Å². The topological polar surface area (TPSA) is 83.5 Å². The van der Waals surface area contributed by atoms with Crippen molar-refractivity contribution in [1.29, 1.82) is 0 Å². The molecule has 0 aromatic heterocycles. The quantitative estimate of drug-likeness (QED) is 0.785. The molecule has 0 saturated carbocycles. The zero-order valence-electron chi connectivity index (χ0n) is 13.6. The molecule has 1 N–H and O–H groups in total. The Morgan fingerprint density at radius 2 is 1.83 bits per heavy atom. The molecule has 23 heavy (non-hydrogen) atoms. The lowest BCUT2D eigenvalue weighted by Gasteiger charge is -2.20. The molecule has 0 radical (unpaired) electrons. The van der Waals surface area contributed by atoms with Crippen molar-refractivity contribution in [2.75, 3.05) is 20.8 Å². The summed E-state index contributed by atoms with van der Waals surface area (Å²) in [6, 6.07) is 7.05. The van der Waals surface area contributed by atoms with Crippen molar-refractivity contribution in [1.82, 2.24) is 0 Å². The SMILES string of the molecule is COC(=O)[C@@H](O)[C@@H]1OC(C)(C)O[C@H]1COc1ccc(OC)cc1. The van der Waals surface area contributed by atoms with E-state index in [-0.39, 0.29) is 6.61 Å². The van der Waals surface area contributed by atoms with E-state index in [0.717, 1.165) is 5.75 Å². The molecule has 1 aliphatic rings. The van der Waals surface area contributed by atoms with Crippen LogP contribution < -0.4 is 9.47 Å². The van der Waals surface area contributed by atoms with Crippen molar-refractivity contribution in [2.45, 2.75) is 37.9 Å². The summed E-state index contributed by atoms with van der Waals surface area (Å²) in [6.07, 6.45) is -2.91. The zero-order chi connectivity index (χ0) is 17.0. The second-order valence-corrected chi connectivity index (χ2v) is 5.59. The van der Waals surface area contributed by atoms with Gasteiger partial charge in [0.1, 0.15) is 30.3 Å². The number of aliphatic hydroxyl groups is 1. The molecular weight excluding hydrogens is 304 g/mol. The smallest absolute Gasteiger partial charge is 0.337 e. The molecule has 0 spiro atoms. The van der Waals surface area contributed by atoms with Crippen molar-refractivity contribution in [3.63, 3.8) is 0 Å². The molecule has 1 aliphatic heterocycles. The number of carbonyl (C=O) groups is 1. The van der Waals surface area contributed by atoms with Crippen LogP contribution in [0.4, 0.5) is 0 Å².